The summed E-state index contributed by atoms with van der Waals surface area (Å²) in [6, 6.07) is 12.0. The maximum absolute atomic E-state index is 12.5. The highest BCUT2D eigenvalue weighted by Crippen LogP contribution is 2.28. The molecule has 3 rings (SSSR count). The molecular formula is C20H17Cl2N3O2. The van der Waals surface area contributed by atoms with E-state index < -0.39 is 0 Å². The third kappa shape index (κ3) is 5.18. The van der Waals surface area contributed by atoms with E-state index in [9.17, 15) is 4.79 Å². The number of rotatable bonds is 5. The minimum atomic E-state index is -0.267. The van der Waals surface area contributed by atoms with Crippen molar-refractivity contribution in [2.45, 2.75) is 20.5 Å². The van der Waals surface area contributed by atoms with Crippen LogP contribution < -0.4 is 10.1 Å². The van der Waals surface area contributed by atoms with Gasteiger partial charge in [0.2, 0.25) is 0 Å². The van der Waals surface area contributed by atoms with Crippen molar-refractivity contribution in [3.63, 3.8) is 0 Å². The number of pyridine rings is 2. The topological polar surface area (TPSA) is 64.1 Å². The van der Waals surface area contributed by atoms with Crippen LogP contribution >= 0.6 is 23.2 Å². The Morgan fingerprint density at radius 3 is 2.70 bits per heavy atom. The van der Waals surface area contributed by atoms with Gasteiger partial charge in [-0.25, -0.2) is 4.98 Å². The SMILES string of the molecule is Cc1cc(C)nc(NC(=O)c2ccnc(COc3cc(Cl)ccc3Cl)c2)c1. The maximum Gasteiger partial charge on any atom is 0.256 e. The van der Waals surface area contributed by atoms with Crippen molar-refractivity contribution in [3.05, 3.63) is 81.2 Å². The lowest BCUT2D eigenvalue weighted by Gasteiger charge is -2.10. The van der Waals surface area contributed by atoms with Gasteiger partial charge in [0.15, 0.2) is 0 Å². The van der Waals surface area contributed by atoms with Crippen LogP contribution in [0.1, 0.15) is 27.3 Å². The van der Waals surface area contributed by atoms with Crippen LogP contribution in [-0.4, -0.2) is 15.9 Å². The smallest absolute Gasteiger partial charge is 0.256 e. The molecule has 2 aromatic heterocycles. The fourth-order valence-electron chi connectivity index (χ4n) is 2.53. The number of nitrogens with zero attached hydrogens (tertiary/aromatic N) is 2. The normalized spacial score (nSPS) is 10.5. The fourth-order valence-corrected chi connectivity index (χ4v) is 2.87. The van der Waals surface area contributed by atoms with Crippen molar-refractivity contribution in [1.29, 1.82) is 0 Å². The molecule has 1 amide bonds. The monoisotopic (exact) mass is 401 g/mol. The molecule has 1 aromatic carbocycles. The average Bonchev–Trinajstić information content (AvgIpc) is 2.62. The molecular weight excluding hydrogens is 385 g/mol. The molecule has 0 unspecified atom stereocenters. The lowest BCUT2D eigenvalue weighted by molar-refractivity contribution is 0.102. The van der Waals surface area contributed by atoms with Gasteiger partial charge in [-0.2, -0.15) is 0 Å². The van der Waals surface area contributed by atoms with E-state index in [0.29, 0.717) is 32.9 Å². The molecule has 2 heterocycles. The summed E-state index contributed by atoms with van der Waals surface area (Å²) in [7, 11) is 0. The summed E-state index contributed by atoms with van der Waals surface area (Å²) < 4.78 is 5.67. The molecule has 0 saturated carbocycles. The van der Waals surface area contributed by atoms with Gasteiger partial charge in [0, 0.05) is 28.5 Å². The molecule has 138 valence electrons. The van der Waals surface area contributed by atoms with Crippen molar-refractivity contribution >= 4 is 34.9 Å². The largest absolute Gasteiger partial charge is 0.486 e. The van der Waals surface area contributed by atoms with E-state index in [1.807, 2.05) is 26.0 Å². The summed E-state index contributed by atoms with van der Waals surface area (Å²) >= 11 is 12.0. The second-order valence-corrected chi connectivity index (χ2v) is 6.87. The van der Waals surface area contributed by atoms with E-state index in [1.165, 1.54) is 0 Å². The Morgan fingerprint density at radius 1 is 1.11 bits per heavy atom. The Kier molecular flexibility index (Phi) is 5.94. The molecule has 0 fully saturated rings. The van der Waals surface area contributed by atoms with E-state index >= 15 is 0 Å². The number of carbonyl (C=O) groups excluding carboxylic acids is 1. The summed E-state index contributed by atoms with van der Waals surface area (Å²) in [6.07, 6.45) is 1.56. The molecule has 0 radical (unpaired) electrons. The zero-order valence-electron chi connectivity index (χ0n) is 14.8. The summed E-state index contributed by atoms with van der Waals surface area (Å²) in [4.78, 5) is 21.0. The van der Waals surface area contributed by atoms with Crippen LogP contribution in [0.3, 0.4) is 0 Å². The van der Waals surface area contributed by atoms with Gasteiger partial charge in [-0.3, -0.25) is 9.78 Å². The molecule has 5 nitrogen and oxygen atoms in total. The second kappa shape index (κ2) is 8.37. The van der Waals surface area contributed by atoms with E-state index in [1.54, 1.807) is 36.5 Å². The number of anilines is 1. The highest BCUT2D eigenvalue weighted by atomic mass is 35.5. The molecule has 3 aromatic rings. The predicted molar refractivity (Wildman–Crippen MR) is 107 cm³/mol. The van der Waals surface area contributed by atoms with Crippen LogP contribution in [0.2, 0.25) is 10.0 Å². The van der Waals surface area contributed by atoms with Gasteiger partial charge in [-0.1, -0.05) is 23.2 Å². The van der Waals surface area contributed by atoms with Gasteiger partial charge in [0.1, 0.15) is 18.2 Å². The predicted octanol–water partition coefficient (Wildman–Crippen LogP) is 5.23. The Morgan fingerprint density at radius 2 is 1.93 bits per heavy atom. The molecule has 0 aliphatic rings. The van der Waals surface area contributed by atoms with Crippen LogP contribution in [0.4, 0.5) is 5.82 Å². The number of ether oxygens (including phenoxy) is 1. The minimum absolute atomic E-state index is 0.156. The van der Waals surface area contributed by atoms with E-state index in [2.05, 4.69) is 15.3 Å². The molecule has 7 heteroatoms. The van der Waals surface area contributed by atoms with Gasteiger partial charge >= 0.3 is 0 Å². The number of nitrogens with one attached hydrogen (secondary N) is 1. The molecule has 0 atom stereocenters. The molecule has 1 N–H and O–H groups in total. The zero-order chi connectivity index (χ0) is 19.4. The maximum atomic E-state index is 12.5. The first-order valence-corrected chi connectivity index (χ1v) is 8.96. The standard InChI is InChI=1S/C20H17Cl2N3O2/c1-12-7-13(2)24-19(8-12)25-20(26)14-5-6-23-16(9-14)11-27-18-10-15(21)3-4-17(18)22/h3-10H,11H2,1-2H3,(H,24,25,26). The van der Waals surface area contributed by atoms with Crippen LogP contribution in [0.15, 0.2) is 48.7 Å². The molecule has 0 bridgehead atoms. The van der Waals surface area contributed by atoms with Crippen LogP contribution in [0, 0.1) is 13.8 Å². The zero-order valence-corrected chi connectivity index (χ0v) is 16.3. The highest BCUT2D eigenvalue weighted by molar-refractivity contribution is 6.34. The molecule has 0 spiro atoms. The van der Waals surface area contributed by atoms with Crippen LogP contribution in [-0.2, 0) is 6.61 Å². The number of carbonyl (C=O) groups is 1. The number of benzene rings is 1. The van der Waals surface area contributed by atoms with Crippen LogP contribution in [0.5, 0.6) is 5.75 Å². The Bertz CT molecular complexity index is 972. The van der Waals surface area contributed by atoms with E-state index in [4.69, 9.17) is 27.9 Å². The Labute approximate surface area is 167 Å². The van der Waals surface area contributed by atoms with Gasteiger partial charge in [-0.05, 0) is 55.8 Å². The van der Waals surface area contributed by atoms with Crippen molar-refractivity contribution in [3.8, 4) is 5.75 Å². The van der Waals surface area contributed by atoms with Crippen molar-refractivity contribution in [2.24, 2.45) is 0 Å². The van der Waals surface area contributed by atoms with Crippen molar-refractivity contribution in [1.82, 2.24) is 9.97 Å². The Hall–Kier alpha value is -2.63. The lowest BCUT2D eigenvalue weighted by Crippen LogP contribution is -2.14. The second-order valence-electron chi connectivity index (χ2n) is 6.02. The lowest BCUT2D eigenvalue weighted by atomic mass is 10.2. The molecule has 27 heavy (non-hydrogen) atoms. The summed E-state index contributed by atoms with van der Waals surface area (Å²) in [6.45, 7) is 3.99. The minimum Gasteiger partial charge on any atom is -0.486 e. The van der Waals surface area contributed by atoms with Gasteiger partial charge in [-0.15, -0.1) is 0 Å². The molecule has 0 aliphatic carbocycles. The Balaban J connectivity index is 1.71. The summed E-state index contributed by atoms with van der Waals surface area (Å²) in [5, 5.41) is 3.78. The first-order chi connectivity index (χ1) is 12.9. The van der Waals surface area contributed by atoms with Crippen molar-refractivity contribution in [2.75, 3.05) is 5.32 Å². The first-order valence-electron chi connectivity index (χ1n) is 8.20. The quantitative estimate of drug-likeness (QED) is 0.635. The summed E-state index contributed by atoms with van der Waals surface area (Å²) in [5.74, 6) is 0.704. The number of halogens is 2. The molecule has 0 aliphatic heterocycles. The number of hydrogen-bond acceptors (Lipinski definition) is 4. The number of amides is 1. The number of aromatic nitrogens is 2. The van der Waals surface area contributed by atoms with E-state index in [0.717, 1.165) is 11.3 Å². The van der Waals surface area contributed by atoms with Crippen molar-refractivity contribution < 1.29 is 9.53 Å². The first kappa shape index (κ1) is 19.1. The van der Waals surface area contributed by atoms with Gasteiger partial charge in [0.25, 0.3) is 5.91 Å². The summed E-state index contributed by atoms with van der Waals surface area (Å²) in [5.41, 5.74) is 2.92. The highest BCUT2D eigenvalue weighted by Gasteiger charge is 2.10. The number of hydrogen-bond donors (Lipinski definition) is 1. The third-order valence-corrected chi connectivity index (χ3v) is 4.23. The third-order valence-electron chi connectivity index (χ3n) is 3.69. The van der Waals surface area contributed by atoms with Crippen LogP contribution in [0.25, 0.3) is 0 Å². The van der Waals surface area contributed by atoms with Gasteiger partial charge < -0.3 is 10.1 Å². The number of aryl methyl sites for hydroxylation is 2. The average molecular weight is 402 g/mol. The van der Waals surface area contributed by atoms with Gasteiger partial charge in [0.05, 0.1) is 10.7 Å². The molecule has 0 saturated heterocycles. The van der Waals surface area contributed by atoms with E-state index in [-0.39, 0.29) is 12.5 Å². The fraction of sp³-hybridized carbons (Fsp3) is 0.150.